The summed E-state index contributed by atoms with van der Waals surface area (Å²) in [6.07, 6.45) is 0. The molecule has 1 aliphatic rings. The number of hydrogen-bond acceptors (Lipinski definition) is 7. The van der Waals surface area contributed by atoms with Gasteiger partial charge in [0.25, 0.3) is 10.0 Å². The Labute approximate surface area is 210 Å². The number of benzene rings is 2. The fourth-order valence-electron chi connectivity index (χ4n) is 3.49. The number of anilines is 4. The normalized spacial score (nSPS) is 16.6. The Bertz CT molecular complexity index is 1260. The van der Waals surface area contributed by atoms with E-state index in [1.807, 2.05) is 6.07 Å². The molecule has 0 amide bonds. The van der Waals surface area contributed by atoms with Crippen LogP contribution in [0, 0.1) is 5.82 Å². The smallest absolute Gasteiger partial charge is 0.282 e. The first-order valence-corrected chi connectivity index (χ1v) is 13.3. The molecule has 2 aromatic carbocycles. The number of hydrogen-bond donors (Lipinski definition) is 2. The van der Waals surface area contributed by atoms with Crippen LogP contribution in [0.3, 0.4) is 0 Å². The molecule has 1 fully saturated rings. The van der Waals surface area contributed by atoms with E-state index in [9.17, 15) is 12.8 Å². The van der Waals surface area contributed by atoms with Crippen LogP contribution in [0.2, 0.25) is 10.0 Å². The van der Waals surface area contributed by atoms with Crippen LogP contribution in [0.15, 0.2) is 46.1 Å². The van der Waals surface area contributed by atoms with Gasteiger partial charge in [0.2, 0.25) is 0 Å². The minimum absolute atomic E-state index is 0.00731. The van der Waals surface area contributed by atoms with Crippen molar-refractivity contribution in [2.45, 2.75) is 17.9 Å². The first kappa shape index (κ1) is 24.3. The molecule has 0 bridgehead atoms. The van der Waals surface area contributed by atoms with Crippen molar-refractivity contribution in [2.75, 3.05) is 33.7 Å². The lowest BCUT2D eigenvalue weighted by atomic mass is 10.1. The van der Waals surface area contributed by atoms with E-state index in [1.54, 1.807) is 12.1 Å². The molecule has 0 saturated carbocycles. The van der Waals surface area contributed by atoms with Crippen molar-refractivity contribution in [3.8, 4) is 0 Å². The summed E-state index contributed by atoms with van der Waals surface area (Å²) < 4.78 is 41.0. The minimum Gasteiger partial charge on any atom is -0.367 e. The summed E-state index contributed by atoms with van der Waals surface area (Å²) in [6, 6.07) is 7.64. The fraction of sp³-hybridized carbons (Fsp3) is 0.250. The number of nitrogens with zero attached hydrogens (tertiary/aromatic N) is 3. The van der Waals surface area contributed by atoms with Gasteiger partial charge in [-0.05, 0) is 31.2 Å². The van der Waals surface area contributed by atoms with Crippen molar-refractivity contribution in [2.24, 2.45) is 0 Å². The molecule has 1 aliphatic heterocycles. The Kier molecular flexibility index (Phi) is 7.23. The molecular formula is C20H19Cl3FN5O2S2. The number of thiazole rings is 1. The van der Waals surface area contributed by atoms with Gasteiger partial charge in [0.1, 0.15) is 10.7 Å². The zero-order valence-corrected chi connectivity index (χ0v) is 21.1. The Morgan fingerprint density at radius 2 is 2.06 bits per heavy atom. The van der Waals surface area contributed by atoms with E-state index >= 15 is 0 Å². The van der Waals surface area contributed by atoms with Gasteiger partial charge in [0.05, 0.1) is 27.6 Å². The average Bonchev–Trinajstić information content (AvgIpc) is 3.31. The Hall–Kier alpha value is -1.82. The lowest BCUT2D eigenvalue weighted by Crippen LogP contribution is -2.49. The molecule has 2 N–H and O–H groups in total. The van der Waals surface area contributed by atoms with E-state index in [2.05, 4.69) is 27.4 Å². The van der Waals surface area contributed by atoms with Crippen LogP contribution in [-0.2, 0) is 10.0 Å². The van der Waals surface area contributed by atoms with Gasteiger partial charge >= 0.3 is 0 Å². The van der Waals surface area contributed by atoms with Crippen LogP contribution in [-0.4, -0.2) is 39.1 Å². The van der Waals surface area contributed by atoms with Crippen molar-refractivity contribution < 1.29 is 12.8 Å². The van der Waals surface area contributed by atoms with Crippen molar-refractivity contribution >= 4 is 79.2 Å². The molecule has 4 rings (SSSR count). The molecule has 2 heterocycles. The van der Waals surface area contributed by atoms with Gasteiger partial charge in [0.15, 0.2) is 5.82 Å². The molecule has 3 aromatic rings. The predicted octanol–water partition coefficient (Wildman–Crippen LogP) is 5.48. The van der Waals surface area contributed by atoms with Gasteiger partial charge in [-0.25, -0.2) is 9.37 Å². The maximum atomic E-state index is 15.0. The van der Waals surface area contributed by atoms with E-state index in [0.29, 0.717) is 14.5 Å². The molecule has 0 aliphatic carbocycles. The van der Waals surface area contributed by atoms with Crippen molar-refractivity contribution in [3.05, 3.63) is 57.1 Å². The number of aromatic nitrogens is 1. The lowest BCUT2D eigenvalue weighted by molar-refractivity contribution is 0.485. The monoisotopic (exact) mass is 549 g/mol. The van der Waals surface area contributed by atoms with Crippen LogP contribution < -0.4 is 19.4 Å². The largest absolute Gasteiger partial charge is 0.367 e. The van der Waals surface area contributed by atoms with Crippen LogP contribution in [0.4, 0.5) is 27.3 Å². The molecule has 176 valence electrons. The van der Waals surface area contributed by atoms with Gasteiger partial charge in [-0.3, -0.25) is 0 Å². The van der Waals surface area contributed by atoms with E-state index < -0.39 is 20.7 Å². The summed E-state index contributed by atoms with van der Waals surface area (Å²) in [5, 5.41) is 8.49. The summed E-state index contributed by atoms with van der Waals surface area (Å²) in [7, 11) is -4.42. The molecule has 33 heavy (non-hydrogen) atoms. The molecule has 13 heteroatoms. The Morgan fingerprint density at radius 3 is 2.76 bits per heavy atom. The highest BCUT2D eigenvalue weighted by atomic mass is 35.5. The third-order valence-corrected chi connectivity index (χ3v) is 8.37. The number of sulfonamides is 1. The molecular weight excluding hydrogens is 532 g/mol. The van der Waals surface area contributed by atoms with Gasteiger partial charge < -0.3 is 15.5 Å². The van der Waals surface area contributed by atoms with Crippen molar-refractivity contribution in [1.82, 2.24) is 10.3 Å². The zero-order valence-electron chi connectivity index (χ0n) is 17.2. The lowest BCUT2D eigenvalue weighted by Gasteiger charge is -2.35. The summed E-state index contributed by atoms with van der Waals surface area (Å²) in [5.41, 5.74) is 3.11. The average molecular weight is 551 g/mol. The molecule has 1 aromatic heterocycles. The number of rotatable bonds is 6. The SMILES string of the molecule is C[C@H]1CN(c2cc(Cl)ccc2Nc2cc(F)c(S(=O)(=O)N(Cl)c3cscn3)cc2Cl)CCN1. The maximum Gasteiger partial charge on any atom is 0.282 e. The standard InChI is InChI=1S/C20H19Cl3FN5O2S2/c1-12-9-28(5-4-25-12)18-6-13(21)2-3-16(18)27-17-8-15(24)19(7-14(17)22)33(30,31)29(23)20-10-32-11-26-20/h2-3,6-8,10-12,25,27H,4-5,9H2,1H3/t12-/m0/s1. The second-order valence-corrected chi connectivity index (χ2v) is 11.3. The molecule has 1 saturated heterocycles. The Balaban J connectivity index is 1.66. The molecule has 0 unspecified atom stereocenters. The van der Waals surface area contributed by atoms with Crippen molar-refractivity contribution in [1.29, 1.82) is 0 Å². The van der Waals surface area contributed by atoms with Crippen molar-refractivity contribution in [3.63, 3.8) is 0 Å². The van der Waals surface area contributed by atoms with Gasteiger partial charge in [-0.1, -0.05) is 23.2 Å². The summed E-state index contributed by atoms with van der Waals surface area (Å²) >= 11 is 19.7. The first-order valence-electron chi connectivity index (χ1n) is 9.80. The topological polar surface area (TPSA) is 77.6 Å². The third kappa shape index (κ3) is 5.16. The van der Waals surface area contributed by atoms with Gasteiger partial charge in [-0.2, -0.15) is 12.2 Å². The third-order valence-electron chi connectivity index (χ3n) is 5.05. The fourth-order valence-corrected chi connectivity index (χ4v) is 5.98. The van der Waals surface area contributed by atoms with Gasteiger partial charge in [-0.15, -0.1) is 11.3 Å². The van der Waals surface area contributed by atoms with E-state index in [4.69, 9.17) is 35.0 Å². The zero-order chi connectivity index (χ0) is 23.8. The van der Waals surface area contributed by atoms with E-state index in [0.717, 1.165) is 48.8 Å². The number of halogens is 4. The highest BCUT2D eigenvalue weighted by Gasteiger charge is 2.29. The second kappa shape index (κ2) is 9.81. The molecule has 1 atom stereocenters. The minimum atomic E-state index is -4.42. The molecule has 7 nitrogen and oxygen atoms in total. The quantitative estimate of drug-likeness (QED) is 0.396. The van der Waals surface area contributed by atoms with E-state index in [-0.39, 0.29) is 22.6 Å². The highest BCUT2D eigenvalue weighted by Crippen LogP contribution is 2.37. The number of piperazine rings is 1. The van der Waals surface area contributed by atoms with E-state index in [1.165, 1.54) is 10.9 Å². The number of nitrogens with one attached hydrogen (secondary N) is 2. The first-order chi connectivity index (χ1) is 15.7. The maximum absolute atomic E-state index is 15.0. The van der Waals surface area contributed by atoms with Crippen LogP contribution >= 0.6 is 46.3 Å². The molecule has 0 radical (unpaired) electrons. The second-order valence-electron chi connectivity index (χ2n) is 7.42. The summed E-state index contributed by atoms with van der Waals surface area (Å²) in [5.74, 6) is -1.04. The summed E-state index contributed by atoms with van der Waals surface area (Å²) in [6.45, 7) is 4.42. The van der Waals surface area contributed by atoms with Gasteiger partial charge in [0, 0.05) is 53.9 Å². The predicted molar refractivity (Wildman–Crippen MR) is 133 cm³/mol. The highest BCUT2D eigenvalue weighted by molar-refractivity contribution is 7.94. The Morgan fingerprint density at radius 1 is 1.27 bits per heavy atom. The summed E-state index contributed by atoms with van der Waals surface area (Å²) in [4.78, 5) is 5.35. The molecule has 0 spiro atoms. The van der Waals surface area contributed by atoms with Crippen LogP contribution in [0.5, 0.6) is 0 Å². The van der Waals surface area contributed by atoms with Crippen LogP contribution in [0.1, 0.15) is 6.92 Å². The van der Waals surface area contributed by atoms with Crippen LogP contribution in [0.25, 0.3) is 0 Å².